The Labute approximate surface area is 112 Å². The zero-order valence-electron chi connectivity index (χ0n) is 11.1. The van der Waals surface area contributed by atoms with Crippen molar-refractivity contribution in [1.82, 2.24) is 24.5 Å². The largest absolute Gasteiger partial charge is 0.295 e. The summed E-state index contributed by atoms with van der Waals surface area (Å²) < 4.78 is 4.27. The second-order valence-electron chi connectivity index (χ2n) is 5.63. The molecule has 0 atom stereocenters. The predicted molar refractivity (Wildman–Crippen MR) is 71.7 cm³/mol. The Bertz CT molecular complexity index is 550. The summed E-state index contributed by atoms with van der Waals surface area (Å²) in [5, 5.41) is 8.82. The van der Waals surface area contributed by atoms with Crippen molar-refractivity contribution in [2.45, 2.75) is 38.4 Å². The fraction of sp³-hybridized carbons (Fsp3) is 0.571. The molecule has 0 spiro atoms. The zero-order chi connectivity index (χ0) is 12.7. The average molecular weight is 257 g/mol. The van der Waals surface area contributed by atoms with E-state index in [1.54, 1.807) is 0 Å². The van der Waals surface area contributed by atoms with Crippen LogP contribution in [0.2, 0.25) is 0 Å². The fourth-order valence-electron chi connectivity index (χ4n) is 3.19. The second-order valence-corrected chi connectivity index (χ2v) is 5.63. The Morgan fingerprint density at radius 3 is 3.00 bits per heavy atom. The normalized spacial score (nSPS) is 20.2. The first kappa shape index (κ1) is 11.2. The van der Waals surface area contributed by atoms with Crippen molar-refractivity contribution in [2.75, 3.05) is 13.1 Å². The molecule has 0 aliphatic carbocycles. The van der Waals surface area contributed by atoms with Gasteiger partial charge in [-0.05, 0) is 25.3 Å². The number of aromatic nitrogens is 4. The smallest absolute Gasteiger partial charge is 0.0773 e. The van der Waals surface area contributed by atoms with Crippen LogP contribution >= 0.6 is 0 Å². The van der Waals surface area contributed by atoms with Crippen LogP contribution < -0.4 is 0 Å². The molecule has 5 heteroatoms. The Morgan fingerprint density at radius 2 is 2.16 bits per heavy atom. The van der Waals surface area contributed by atoms with Crippen molar-refractivity contribution < 1.29 is 0 Å². The number of hydrogen-bond donors (Lipinski definition) is 0. The molecule has 0 unspecified atom stereocenters. The number of fused-ring (bicyclic) bond motifs is 1. The fourth-order valence-corrected chi connectivity index (χ4v) is 3.19. The van der Waals surface area contributed by atoms with Gasteiger partial charge in [-0.1, -0.05) is 0 Å². The highest BCUT2D eigenvalue weighted by Gasteiger charge is 2.29. The van der Waals surface area contributed by atoms with Crippen molar-refractivity contribution in [3.63, 3.8) is 0 Å². The van der Waals surface area contributed by atoms with E-state index in [9.17, 15) is 0 Å². The van der Waals surface area contributed by atoms with Gasteiger partial charge in [0, 0.05) is 49.8 Å². The highest BCUT2D eigenvalue weighted by Crippen LogP contribution is 2.25. The average Bonchev–Trinajstić information content (AvgIpc) is 3.03. The number of likely N-dealkylation sites (tertiary alicyclic amines) is 1. The number of hydrogen-bond acceptors (Lipinski definition) is 3. The molecule has 1 saturated heterocycles. The molecule has 19 heavy (non-hydrogen) atoms. The van der Waals surface area contributed by atoms with Crippen LogP contribution in [0.4, 0.5) is 0 Å². The Morgan fingerprint density at radius 1 is 1.21 bits per heavy atom. The van der Waals surface area contributed by atoms with Crippen LogP contribution in [-0.4, -0.2) is 37.6 Å². The van der Waals surface area contributed by atoms with E-state index >= 15 is 0 Å². The maximum absolute atomic E-state index is 4.51. The summed E-state index contributed by atoms with van der Waals surface area (Å²) in [6.45, 7) is 4.36. The minimum atomic E-state index is 0.557. The lowest BCUT2D eigenvalue weighted by molar-refractivity contribution is 0.0905. The summed E-state index contributed by atoms with van der Waals surface area (Å²) in [5.41, 5.74) is 2.90. The van der Waals surface area contributed by atoms with E-state index in [1.165, 1.54) is 30.5 Å². The van der Waals surface area contributed by atoms with E-state index in [-0.39, 0.29) is 0 Å². The molecule has 2 aromatic rings. The molecule has 4 heterocycles. The van der Waals surface area contributed by atoms with Gasteiger partial charge in [0.15, 0.2) is 0 Å². The first-order valence-corrected chi connectivity index (χ1v) is 7.15. The van der Waals surface area contributed by atoms with Crippen molar-refractivity contribution in [1.29, 1.82) is 0 Å². The highest BCUT2D eigenvalue weighted by atomic mass is 15.4. The minimum absolute atomic E-state index is 0.557. The van der Waals surface area contributed by atoms with Gasteiger partial charge >= 0.3 is 0 Å². The summed E-state index contributed by atoms with van der Waals surface area (Å²) in [6.07, 6.45) is 9.78. The SMILES string of the molecule is c1cnn(C2CN(Cc3cnn4c3CCCC4)C2)c1. The first-order chi connectivity index (χ1) is 9.40. The topological polar surface area (TPSA) is 38.9 Å². The van der Waals surface area contributed by atoms with Crippen LogP contribution in [0.3, 0.4) is 0 Å². The van der Waals surface area contributed by atoms with Gasteiger partial charge in [0.1, 0.15) is 0 Å². The van der Waals surface area contributed by atoms with Gasteiger partial charge in [0.25, 0.3) is 0 Å². The standard InChI is InChI=1S/C14H19N5/c1-2-6-19-14(4-1)12(8-16-19)9-17-10-13(11-17)18-7-3-5-15-18/h3,5,7-8,13H,1-2,4,6,9-11H2. The Balaban J connectivity index is 1.40. The third-order valence-electron chi connectivity index (χ3n) is 4.30. The molecular formula is C14H19N5. The molecule has 4 rings (SSSR count). The van der Waals surface area contributed by atoms with Crippen LogP contribution in [0.25, 0.3) is 0 Å². The van der Waals surface area contributed by atoms with E-state index in [0.717, 1.165) is 26.2 Å². The molecule has 2 aromatic heterocycles. The van der Waals surface area contributed by atoms with Crippen molar-refractivity contribution in [3.8, 4) is 0 Å². The molecule has 0 N–H and O–H groups in total. The monoisotopic (exact) mass is 257 g/mol. The minimum Gasteiger partial charge on any atom is -0.295 e. The van der Waals surface area contributed by atoms with Crippen molar-refractivity contribution in [2.24, 2.45) is 0 Å². The predicted octanol–water partition coefficient (Wildman–Crippen LogP) is 1.47. The summed E-state index contributed by atoms with van der Waals surface area (Å²) in [5.74, 6) is 0. The van der Waals surface area contributed by atoms with Crippen molar-refractivity contribution >= 4 is 0 Å². The Hall–Kier alpha value is -1.62. The summed E-state index contributed by atoms with van der Waals surface area (Å²) in [6, 6.07) is 2.55. The molecule has 5 nitrogen and oxygen atoms in total. The van der Waals surface area contributed by atoms with E-state index < -0.39 is 0 Å². The lowest BCUT2D eigenvalue weighted by Gasteiger charge is -2.39. The number of aryl methyl sites for hydroxylation is 1. The molecule has 0 radical (unpaired) electrons. The summed E-state index contributed by atoms with van der Waals surface area (Å²) >= 11 is 0. The molecule has 0 saturated carbocycles. The third-order valence-corrected chi connectivity index (χ3v) is 4.30. The van der Waals surface area contributed by atoms with Crippen LogP contribution in [0.5, 0.6) is 0 Å². The molecule has 1 fully saturated rings. The van der Waals surface area contributed by atoms with Crippen LogP contribution in [0.15, 0.2) is 24.7 Å². The van der Waals surface area contributed by atoms with E-state index in [2.05, 4.69) is 36.9 Å². The zero-order valence-corrected chi connectivity index (χ0v) is 11.1. The highest BCUT2D eigenvalue weighted by molar-refractivity contribution is 5.19. The van der Waals surface area contributed by atoms with Crippen LogP contribution in [0, 0.1) is 0 Å². The molecular weight excluding hydrogens is 238 g/mol. The second kappa shape index (κ2) is 4.49. The molecule has 100 valence electrons. The van der Waals surface area contributed by atoms with E-state index in [0.29, 0.717) is 6.04 Å². The van der Waals surface area contributed by atoms with Gasteiger partial charge in [-0.25, -0.2) is 0 Å². The van der Waals surface area contributed by atoms with Gasteiger partial charge in [-0.3, -0.25) is 14.3 Å². The van der Waals surface area contributed by atoms with E-state index in [1.807, 2.05) is 12.3 Å². The van der Waals surface area contributed by atoms with Gasteiger partial charge in [-0.2, -0.15) is 10.2 Å². The Kier molecular flexibility index (Phi) is 2.65. The summed E-state index contributed by atoms with van der Waals surface area (Å²) in [4.78, 5) is 2.48. The van der Waals surface area contributed by atoms with Crippen LogP contribution in [-0.2, 0) is 19.5 Å². The maximum atomic E-state index is 4.51. The number of rotatable bonds is 3. The van der Waals surface area contributed by atoms with Gasteiger partial charge in [0.2, 0.25) is 0 Å². The molecule has 2 aliphatic heterocycles. The lowest BCUT2D eigenvalue weighted by atomic mass is 10.0. The molecule has 0 amide bonds. The maximum Gasteiger partial charge on any atom is 0.0773 e. The van der Waals surface area contributed by atoms with E-state index in [4.69, 9.17) is 0 Å². The number of nitrogens with zero attached hydrogens (tertiary/aromatic N) is 5. The molecule has 0 aromatic carbocycles. The summed E-state index contributed by atoms with van der Waals surface area (Å²) in [7, 11) is 0. The van der Waals surface area contributed by atoms with Gasteiger partial charge < -0.3 is 0 Å². The third kappa shape index (κ3) is 1.98. The molecule has 0 bridgehead atoms. The quantitative estimate of drug-likeness (QED) is 0.836. The lowest BCUT2D eigenvalue weighted by Crippen LogP contribution is -2.47. The van der Waals surface area contributed by atoms with Crippen LogP contribution in [0.1, 0.15) is 30.1 Å². The van der Waals surface area contributed by atoms with Gasteiger partial charge in [0.05, 0.1) is 12.2 Å². The molecule has 2 aliphatic rings. The van der Waals surface area contributed by atoms with Crippen molar-refractivity contribution in [3.05, 3.63) is 35.9 Å². The first-order valence-electron chi connectivity index (χ1n) is 7.15. The van der Waals surface area contributed by atoms with Gasteiger partial charge in [-0.15, -0.1) is 0 Å².